The molecule has 0 atom stereocenters. The van der Waals surface area contributed by atoms with Gasteiger partial charge < -0.3 is 4.90 Å². The fraction of sp³-hybridized carbons (Fsp3) is 0.300. The van der Waals surface area contributed by atoms with Gasteiger partial charge in [0.25, 0.3) is 6.43 Å². The zero-order chi connectivity index (χ0) is 20.4. The van der Waals surface area contributed by atoms with Gasteiger partial charge in [-0.1, -0.05) is 30.3 Å². The molecular weight excluding hydrogens is 398 g/mol. The van der Waals surface area contributed by atoms with Gasteiger partial charge in [0.1, 0.15) is 5.82 Å². The van der Waals surface area contributed by atoms with Crippen LogP contribution in [-0.4, -0.2) is 37.5 Å². The number of para-hydroxylation sites is 1. The zero-order valence-electron chi connectivity index (χ0n) is 15.5. The number of alkyl halides is 2. The first-order valence-corrected chi connectivity index (χ1v) is 10.8. The molecule has 6 nitrogen and oxygen atoms in total. The highest BCUT2D eigenvalue weighted by Crippen LogP contribution is 2.29. The SMILES string of the molecule is O=S(=O)(NC1CCN(c2nc(C(F)F)nc3ccccc23)CC1)c1ccccc1. The second-order valence-corrected chi connectivity index (χ2v) is 8.63. The summed E-state index contributed by atoms with van der Waals surface area (Å²) < 4.78 is 54.2. The van der Waals surface area contributed by atoms with Crippen molar-refractivity contribution >= 4 is 26.7 Å². The van der Waals surface area contributed by atoms with Gasteiger partial charge in [-0.3, -0.25) is 0 Å². The van der Waals surface area contributed by atoms with Gasteiger partial charge >= 0.3 is 0 Å². The molecular formula is C20H20F2N4O2S. The Hall–Kier alpha value is -2.65. The minimum absolute atomic E-state index is 0.223. The Kier molecular flexibility index (Phi) is 5.42. The number of halogens is 2. The molecule has 1 fully saturated rings. The third-order valence-corrected chi connectivity index (χ3v) is 6.50. The van der Waals surface area contributed by atoms with Crippen LogP contribution < -0.4 is 9.62 Å². The molecule has 1 aliphatic heterocycles. The van der Waals surface area contributed by atoms with Gasteiger partial charge in [-0.15, -0.1) is 0 Å². The fourth-order valence-corrected chi connectivity index (χ4v) is 4.84. The Morgan fingerprint density at radius 3 is 2.31 bits per heavy atom. The van der Waals surface area contributed by atoms with Crippen LogP contribution in [0.2, 0.25) is 0 Å². The highest BCUT2D eigenvalue weighted by molar-refractivity contribution is 7.89. The van der Waals surface area contributed by atoms with E-state index in [1.165, 1.54) is 0 Å². The van der Waals surface area contributed by atoms with Crippen LogP contribution >= 0.6 is 0 Å². The highest BCUT2D eigenvalue weighted by atomic mass is 32.2. The number of hydrogen-bond donors (Lipinski definition) is 1. The summed E-state index contributed by atoms with van der Waals surface area (Å²) in [5.74, 6) is -0.0270. The number of sulfonamides is 1. The third-order valence-electron chi connectivity index (χ3n) is 4.97. The summed E-state index contributed by atoms with van der Waals surface area (Å²) in [5.41, 5.74) is 0.472. The van der Waals surface area contributed by atoms with E-state index in [1.807, 2.05) is 17.0 Å². The molecule has 1 aromatic heterocycles. The van der Waals surface area contributed by atoms with Crippen molar-refractivity contribution in [3.63, 3.8) is 0 Å². The Morgan fingerprint density at radius 1 is 0.966 bits per heavy atom. The Labute approximate surface area is 167 Å². The average molecular weight is 418 g/mol. The second-order valence-electron chi connectivity index (χ2n) is 6.92. The van der Waals surface area contributed by atoms with Crippen molar-refractivity contribution < 1.29 is 17.2 Å². The fourth-order valence-electron chi connectivity index (χ4n) is 3.51. The number of benzene rings is 2. The maximum Gasteiger partial charge on any atom is 0.297 e. The molecule has 2 aromatic carbocycles. The number of rotatable bonds is 5. The van der Waals surface area contributed by atoms with Crippen LogP contribution in [0.15, 0.2) is 59.5 Å². The lowest BCUT2D eigenvalue weighted by atomic mass is 10.1. The molecule has 152 valence electrons. The molecule has 0 saturated carbocycles. The predicted octanol–water partition coefficient (Wildman–Crippen LogP) is 3.51. The van der Waals surface area contributed by atoms with E-state index >= 15 is 0 Å². The summed E-state index contributed by atoms with van der Waals surface area (Å²) in [6.07, 6.45) is -1.66. The molecule has 1 aliphatic rings. The summed E-state index contributed by atoms with van der Waals surface area (Å²) in [6.45, 7) is 1.01. The van der Waals surface area contributed by atoms with Crippen LogP contribution in [0, 0.1) is 0 Å². The number of aromatic nitrogens is 2. The number of piperidine rings is 1. The molecule has 0 radical (unpaired) electrons. The first-order valence-electron chi connectivity index (χ1n) is 9.31. The first kappa shape index (κ1) is 19.7. The molecule has 0 aliphatic carbocycles. The van der Waals surface area contributed by atoms with E-state index in [9.17, 15) is 17.2 Å². The quantitative estimate of drug-likeness (QED) is 0.686. The number of nitrogens with zero attached hydrogens (tertiary/aromatic N) is 3. The maximum atomic E-state index is 13.2. The lowest BCUT2D eigenvalue weighted by Gasteiger charge is -2.33. The van der Waals surface area contributed by atoms with Crippen molar-refractivity contribution in [3.8, 4) is 0 Å². The molecule has 0 bridgehead atoms. The molecule has 3 aromatic rings. The summed E-state index contributed by atoms with van der Waals surface area (Å²) in [6, 6.07) is 15.1. The molecule has 1 N–H and O–H groups in total. The molecule has 0 unspecified atom stereocenters. The molecule has 1 saturated heterocycles. The molecule has 2 heterocycles. The first-order chi connectivity index (χ1) is 13.9. The lowest BCUT2D eigenvalue weighted by molar-refractivity contribution is 0.141. The van der Waals surface area contributed by atoms with Gasteiger partial charge in [-0.25, -0.2) is 31.9 Å². The van der Waals surface area contributed by atoms with Gasteiger partial charge in [-0.05, 0) is 37.1 Å². The second kappa shape index (κ2) is 8.00. The highest BCUT2D eigenvalue weighted by Gasteiger charge is 2.27. The van der Waals surface area contributed by atoms with Crippen molar-refractivity contribution in [2.24, 2.45) is 0 Å². The summed E-state index contributed by atoms with van der Waals surface area (Å²) in [5, 5.41) is 0.709. The largest absolute Gasteiger partial charge is 0.356 e. The summed E-state index contributed by atoms with van der Waals surface area (Å²) in [7, 11) is -3.59. The van der Waals surface area contributed by atoms with E-state index in [-0.39, 0.29) is 10.9 Å². The van der Waals surface area contributed by atoms with E-state index in [2.05, 4.69) is 14.7 Å². The number of fused-ring (bicyclic) bond motifs is 1. The van der Waals surface area contributed by atoms with E-state index in [1.54, 1.807) is 42.5 Å². The van der Waals surface area contributed by atoms with E-state index in [4.69, 9.17) is 0 Å². The standard InChI is InChI=1S/C20H20F2N4O2S/c21-18(22)19-23-17-9-5-4-8-16(17)20(24-19)26-12-10-14(11-13-26)25-29(27,28)15-6-2-1-3-7-15/h1-9,14,18,25H,10-13H2. The van der Waals surface area contributed by atoms with Crippen molar-refractivity contribution in [3.05, 3.63) is 60.4 Å². The number of anilines is 1. The van der Waals surface area contributed by atoms with Crippen molar-refractivity contribution in [2.75, 3.05) is 18.0 Å². The van der Waals surface area contributed by atoms with Crippen LogP contribution in [0.4, 0.5) is 14.6 Å². The van der Waals surface area contributed by atoms with Crippen molar-refractivity contribution in [1.82, 2.24) is 14.7 Å². The average Bonchev–Trinajstić information content (AvgIpc) is 2.74. The third kappa shape index (κ3) is 4.20. The van der Waals surface area contributed by atoms with Crippen molar-refractivity contribution in [1.29, 1.82) is 0 Å². The Morgan fingerprint density at radius 2 is 1.62 bits per heavy atom. The minimum atomic E-state index is -3.59. The van der Waals surface area contributed by atoms with Gasteiger partial charge in [0.2, 0.25) is 10.0 Å². The number of nitrogens with one attached hydrogen (secondary N) is 1. The van der Waals surface area contributed by atoms with E-state index in [0.717, 1.165) is 0 Å². The van der Waals surface area contributed by atoms with Crippen LogP contribution in [0.1, 0.15) is 25.1 Å². The normalized spacial score (nSPS) is 15.9. The zero-order valence-corrected chi connectivity index (χ0v) is 16.3. The molecule has 0 spiro atoms. The van der Waals surface area contributed by atoms with Gasteiger partial charge in [0, 0.05) is 24.5 Å². The summed E-state index contributed by atoms with van der Waals surface area (Å²) >= 11 is 0. The molecule has 9 heteroatoms. The van der Waals surface area contributed by atoms with Crippen molar-refractivity contribution in [2.45, 2.75) is 30.2 Å². The van der Waals surface area contributed by atoms with Crippen LogP contribution in [-0.2, 0) is 10.0 Å². The monoisotopic (exact) mass is 418 g/mol. The minimum Gasteiger partial charge on any atom is -0.356 e. The predicted molar refractivity (Wildman–Crippen MR) is 106 cm³/mol. The maximum absolute atomic E-state index is 13.2. The van der Waals surface area contributed by atoms with E-state index < -0.39 is 22.3 Å². The van der Waals surface area contributed by atoms with Gasteiger partial charge in [0.05, 0.1) is 10.4 Å². The van der Waals surface area contributed by atoms with Gasteiger partial charge in [-0.2, -0.15) is 0 Å². The lowest BCUT2D eigenvalue weighted by Crippen LogP contribution is -2.45. The molecule has 0 amide bonds. The Bertz CT molecular complexity index is 1100. The molecule has 4 rings (SSSR count). The summed E-state index contributed by atoms with van der Waals surface area (Å²) in [4.78, 5) is 10.2. The number of hydrogen-bond acceptors (Lipinski definition) is 5. The smallest absolute Gasteiger partial charge is 0.297 e. The van der Waals surface area contributed by atoms with Gasteiger partial charge in [0.15, 0.2) is 5.82 Å². The van der Waals surface area contributed by atoms with Crippen LogP contribution in [0.3, 0.4) is 0 Å². The van der Waals surface area contributed by atoms with E-state index in [0.29, 0.717) is 42.7 Å². The molecule has 29 heavy (non-hydrogen) atoms. The topological polar surface area (TPSA) is 75.2 Å². The van der Waals surface area contributed by atoms with Crippen LogP contribution in [0.5, 0.6) is 0 Å². The van der Waals surface area contributed by atoms with Crippen LogP contribution in [0.25, 0.3) is 10.9 Å². The Balaban J connectivity index is 1.52.